The van der Waals surface area contributed by atoms with Crippen LogP contribution in [-0.2, 0) is 0 Å². The molecule has 0 amide bonds. The van der Waals surface area contributed by atoms with Gasteiger partial charge in [-0.25, -0.2) is 4.98 Å². The molecular formula is C24H19ClNO3-. The number of aromatic carboxylic acids is 1. The third-order valence-electron chi connectivity index (χ3n) is 4.97. The Bertz CT molecular complexity index is 1070. The van der Waals surface area contributed by atoms with E-state index in [1.807, 2.05) is 42.5 Å². The number of ether oxygens (including phenoxy) is 1. The third kappa shape index (κ3) is 4.33. The number of allylic oxidation sites excluding steroid dienone is 2. The molecule has 0 N–H and O–H groups in total. The zero-order chi connectivity index (χ0) is 20.2. The van der Waals surface area contributed by atoms with E-state index in [0.29, 0.717) is 23.2 Å². The maximum atomic E-state index is 11.2. The Morgan fingerprint density at radius 3 is 2.52 bits per heavy atom. The van der Waals surface area contributed by atoms with Gasteiger partial charge in [-0.2, -0.15) is 0 Å². The first-order valence-electron chi connectivity index (χ1n) is 9.47. The number of benzene rings is 2. The lowest BCUT2D eigenvalue weighted by Crippen LogP contribution is -2.23. The lowest BCUT2D eigenvalue weighted by atomic mass is 9.96. The fourth-order valence-corrected chi connectivity index (χ4v) is 3.67. The Balaban J connectivity index is 1.74. The quantitative estimate of drug-likeness (QED) is 0.555. The van der Waals surface area contributed by atoms with Crippen molar-refractivity contribution in [3.8, 4) is 28.1 Å². The van der Waals surface area contributed by atoms with Gasteiger partial charge < -0.3 is 14.6 Å². The summed E-state index contributed by atoms with van der Waals surface area (Å²) in [6, 6.07) is 18.1. The van der Waals surface area contributed by atoms with Crippen molar-refractivity contribution in [2.45, 2.75) is 12.8 Å². The topological polar surface area (TPSA) is 62.2 Å². The van der Waals surface area contributed by atoms with Crippen LogP contribution in [0.2, 0.25) is 5.02 Å². The number of rotatable bonds is 6. The van der Waals surface area contributed by atoms with Gasteiger partial charge in [0.05, 0.1) is 24.0 Å². The standard InChI is InChI=1S/C24H20ClNO3/c25-17-12-13-23(29-15-16-6-1-2-7-16)20(14-17)18-8-3-4-9-19(18)21-10-5-11-22(26-21)24(27)28/h1-5,8-14,16H,6-7,15H2,(H,27,28)/p-1. The van der Waals surface area contributed by atoms with E-state index in [1.165, 1.54) is 6.07 Å². The van der Waals surface area contributed by atoms with Crippen LogP contribution in [0.1, 0.15) is 23.3 Å². The lowest BCUT2D eigenvalue weighted by molar-refractivity contribution is -0.255. The molecule has 0 radical (unpaired) electrons. The van der Waals surface area contributed by atoms with Crippen LogP contribution in [0, 0.1) is 5.92 Å². The summed E-state index contributed by atoms with van der Waals surface area (Å²) in [6.45, 7) is 0.627. The smallest absolute Gasteiger partial charge is 0.127 e. The lowest BCUT2D eigenvalue weighted by Gasteiger charge is -2.17. The summed E-state index contributed by atoms with van der Waals surface area (Å²) in [5, 5.41) is 11.8. The number of pyridine rings is 1. The molecule has 0 unspecified atom stereocenters. The highest BCUT2D eigenvalue weighted by Gasteiger charge is 2.16. The van der Waals surface area contributed by atoms with Gasteiger partial charge in [0.15, 0.2) is 0 Å². The van der Waals surface area contributed by atoms with Crippen molar-refractivity contribution in [1.29, 1.82) is 0 Å². The summed E-state index contributed by atoms with van der Waals surface area (Å²) in [6.07, 6.45) is 6.42. The van der Waals surface area contributed by atoms with Gasteiger partial charge in [0.25, 0.3) is 0 Å². The first-order chi connectivity index (χ1) is 14.1. The monoisotopic (exact) mass is 404 g/mol. The highest BCUT2D eigenvalue weighted by molar-refractivity contribution is 6.31. The maximum absolute atomic E-state index is 11.2. The van der Waals surface area contributed by atoms with E-state index in [1.54, 1.807) is 12.1 Å². The minimum Gasteiger partial charge on any atom is -0.543 e. The molecule has 1 aliphatic carbocycles. The van der Waals surface area contributed by atoms with Crippen LogP contribution in [0.25, 0.3) is 22.4 Å². The van der Waals surface area contributed by atoms with Crippen molar-refractivity contribution >= 4 is 17.6 Å². The van der Waals surface area contributed by atoms with E-state index < -0.39 is 5.97 Å². The van der Waals surface area contributed by atoms with Gasteiger partial charge in [-0.05, 0) is 54.7 Å². The fourth-order valence-electron chi connectivity index (χ4n) is 3.50. The number of carboxylic acid groups (broad SMARTS) is 1. The molecule has 0 saturated heterocycles. The highest BCUT2D eigenvalue weighted by atomic mass is 35.5. The molecule has 2 aromatic carbocycles. The van der Waals surface area contributed by atoms with Crippen LogP contribution >= 0.6 is 11.6 Å². The average Bonchev–Trinajstić information content (AvgIpc) is 3.26. The Hall–Kier alpha value is -3.11. The summed E-state index contributed by atoms with van der Waals surface area (Å²) in [5.74, 6) is -0.0822. The molecule has 4 nitrogen and oxygen atoms in total. The largest absolute Gasteiger partial charge is 0.543 e. The summed E-state index contributed by atoms with van der Waals surface area (Å²) in [4.78, 5) is 15.5. The fraction of sp³-hybridized carbons (Fsp3) is 0.167. The van der Waals surface area contributed by atoms with Crippen molar-refractivity contribution in [2.75, 3.05) is 6.61 Å². The van der Waals surface area contributed by atoms with E-state index in [9.17, 15) is 9.90 Å². The average molecular weight is 405 g/mol. The predicted molar refractivity (Wildman–Crippen MR) is 112 cm³/mol. The normalized spacial score (nSPS) is 13.6. The minimum absolute atomic E-state index is 0.103. The SMILES string of the molecule is O=C([O-])c1cccc(-c2ccccc2-c2cc(Cl)ccc2OCC2CC=CC2)n1. The number of hydrogen-bond acceptors (Lipinski definition) is 4. The van der Waals surface area contributed by atoms with Gasteiger partial charge >= 0.3 is 0 Å². The molecule has 0 atom stereocenters. The number of nitrogens with zero attached hydrogens (tertiary/aromatic N) is 1. The molecule has 0 spiro atoms. The van der Waals surface area contributed by atoms with Gasteiger partial charge in [0.1, 0.15) is 5.75 Å². The van der Waals surface area contributed by atoms with Crippen LogP contribution in [0.5, 0.6) is 5.75 Å². The Kier molecular flexibility index (Phi) is 5.63. The van der Waals surface area contributed by atoms with E-state index in [4.69, 9.17) is 16.3 Å². The second-order valence-corrected chi connectivity index (χ2v) is 7.44. The number of hydrogen-bond donors (Lipinski definition) is 0. The molecular weight excluding hydrogens is 386 g/mol. The Morgan fingerprint density at radius 2 is 1.76 bits per heavy atom. The Labute approximate surface area is 174 Å². The molecule has 4 rings (SSSR count). The van der Waals surface area contributed by atoms with Crippen LogP contribution in [0.3, 0.4) is 0 Å². The number of carboxylic acids is 1. The molecule has 0 aliphatic heterocycles. The molecule has 5 heteroatoms. The molecule has 29 heavy (non-hydrogen) atoms. The van der Waals surface area contributed by atoms with E-state index in [2.05, 4.69) is 17.1 Å². The van der Waals surface area contributed by atoms with Crippen molar-refractivity contribution in [2.24, 2.45) is 5.92 Å². The third-order valence-corrected chi connectivity index (χ3v) is 5.21. The number of carbonyl (C=O) groups is 1. The molecule has 0 fully saturated rings. The van der Waals surface area contributed by atoms with Crippen molar-refractivity contribution in [1.82, 2.24) is 4.98 Å². The van der Waals surface area contributed by atoms with Gasteiger partial charge in [-0.3, -0.25) is 0 Å². The molecule has 1 aromatic heterocycles. The molecule has 3 aromatic rings. The highest BCUT2D eigenvalue weighted by Crippen LogP contribution is 2.38. The van der Waals surface area contributed by atoms with Gasteiger partial charge in [-0.1, -0.05) is 54.1 Å². The van der Waals surface area contributed by atoms with Crippen LogP contribution < -0.4 is 9.84 Å². The second kappa shape index (κ2) is 8.50. The number of aromatic nitrogens is 1. The van der Waals surface area contributed by atoms with Crippen LogP contribution in [-0.4, -0.2) is 17.6 Å². The summed E-state index contributed by atoms with van der Waals surface area (Å²) >= 11 is 6.29. The van der Waals surface area contributed by atoms with Crippen molar-refractivity contribution in [3.05, 3.63) is 83.5 Å². The van der Waals surface area contributed by atoms with Crippen molar-refractivity contribution < 1.29 is 14.6 Å². The van der Waals surface area contributed by atoms with Crippen molar-refractivity contribution in [3.63, 3.8) is 0 Å². The first-order valence-corrected chi connectivity index (χ1v) is 9.85. The first kappa shape index (κ1) is 19.2. The molecule has 0 bridgehead atoms. The van der Waals surface area contributed by atoms with Gasteiger partial charge in [0.2, 0.25) is 0 Å². The number of carbonyl (C=O) groups excluding carboxylic acids is 1. The summed E-state index contributed by atoms with van der Waals surface area (Å²) in [5.41, 5.74) is 2.96. The minimum atomic E-state index is -1.30. The second-order valence-electron chi connectivity index (χ2n) is 7.00. The zero-order valence-corrected chi connectivity index (χ0v) is 16.4. The van der Waals surface area contributed by atoms with Gasteiger partial charge in [0, 0.05) is 16.1 Å². The zero-order valence-electron chi connectivity index (χ0n) is 15.7. The van der Waals surface area contributed by atoms with Crippen LogP contribution in [0.4, 0.5) is 0 Å². The Morgan fingerprint density at radius 1 is 1.00 bits per heavy atom. The van der Waals surface area contributed by atoms with E-state index >= 15 is 0 Å². The van der Waals surface area contributed by atoms with Gasteiger partial charge in [-0.15, -0.1) is 0 Å². The molecule has 1 aliphatic rings. The molecule has 1 heterocycles. The van der Waals surface area contributed by atoms with E-state index in [0.717, 1.165) is 35.3 Å². The maximum Gasteiger partial charge on any atom is 0.127 e. The molecule has 0 saturated carbocycles. The summed E-state index contributed by atoms with van der Waals surface area (Å²) < 4.78 is 6.16. The van der Waals surface area contributed by atoms with E-state index in [-0.39, 0.29) is 5.69 Å². The molecule has 146 valence electrons. The predicted octanol–water partition coefficient (Wildman–Crippen LogP) is 4.78. The summed E-state index contributed by atoms with van der Waals surface area (Å²) in [7, 11) is 0. The van der Waals surface area contributed by atoms with Crippen LogP contribution in [0.15, 0.2) is 72.8 Å². The number of halogens is 1.